The van der Waals surface area contributed by atoms with Gasteiger partial charge in [0.25, 0.3) is 5.91 Å². The van der Waals surface area contributed by atoms with Gasteiger partial charge in [0.1, 0.15) is 0 Å². The Morgan fingerprint density at radius 2 is 1.70 bits per heavy atom. The number of nitrogens with one attached hydrogen (secondary N) is 1. The van der Waals surface area contributed by atoms with Gasteiger partial charge in [-0.05, 0) is 30.3 Å². The molecule has 1 aliphatic rings. The Morgan fingerprint density at radius 1 is 1.00 bits per heavy atom. The molecule has 6 nitrogen and oxygen atoms in total. The zero-order chi connectivity index (χ0) is 19.6. The van der Waals surface area contributed by atoms with Gasteiger partial charge in [-0.3, -0.25) is 19.9 Å². The number of urea groups is 1. The minimum Gasteiger partial charge on any atom is -0.276 e. The van der Waals surface area contributed by atoms with Crippen LogP contribution >= 0.6 is 0 Å². The molecule has 0 aromatic heterocycles. The van der Waals surface area contributed by atoms with Crippen LogP contribution in [0.4, 0.5) is 29.3 Å². The summed E-state index contributed by atoms with van der Waals surface area (Å²) in [6, 6.07) is 11.0. The Kier molecular flexibility index (Phi) is 4.76. The summed E-state index contributed by atoms with van der Waals surface area (Å²) in [6.45, 7) is 0. The molecule has 27 heavy (non-hydrogen) atoms. The number of benzene rings is 2. The molecule has 1 heterocycles. The average Bonchev–Trinajstić information content (AvgIpc) is 2.61. The fraction of sp³-hybridized carbons (Fsp3) is 0.111. The molecular formula is C18H12F3N3O3. The van der Waals surface area contributed by atoms with Gasteiger partial charge in [0, 0.05) is 6.21 Å². The fourth-order valence-corrected chi connectivity index (χ4v) is 2.46. The summed E-state index contributed by atoms with van der Waals surface area (Å²) in [5.41, 5.74) is -0.842. The van der Waals surface area contributed by atoms with Crippen molar-refractivity contribution in [2.45, 2.75) is 6.18 Å². The van der Waals surface area contributed by atoms with Crippen LogP contribution in [0.25, 0.3) is 0 Å². The highest BCUT2D eigenvalue weighted by Gasteiger charge is 2.41. The third-order valence-corrected chi connectivity index (χ3v) is 3.76. The van der Waals surface area contributed by atoms with Crippen LogP contribution in [0.3, 0.4) is 0 Å². The summed E-state index contributed by atoms with van der Waals surface area (Å²) in [5.74, 6) is -3.33. The first-order valence-electron chi connectivity index (χ1n) is 7.72. The zero-order valence-electron chi connectivity index (χ0n) is 13.6. The summed E-state index contributed by atoms with van der Waals surface area (Å²) in [4.78, 5) is 41.1. The van der Waals surface area contributed by atoms with Crippen molar-refractivity contribution in [3.8, 4) is 0 Å². The first-order valence-corrected chi connectivity index (χ1v) is 7.72. The van der Waals surface area contributed by atoms with Gasteiger partial charge in [-0.1, -0.05) is 24.3 Å². The summed E-state index contributed by atoms with van der Waals surface area (Å²) < 4.78 is 38.7. The smallest absolute Gasteiger partial charge is 0.276 e. The van der Waals surface area contributed by atoms with Crippen molar-refractivity contribution < 1.29 is 27.6 Å². The molecule has 4 amide bonds. The number of hydrogen-bond acceptors (Lipinski definition) is 4. The normalized spacial score (nSPS) is 18.1. The maximum Gasteiger partial charge on any atom is 0.416 e. The molecule has 3 rings (SSSR count). The lowest BCUT2D eigenvalue weighted by Crippen LogP contribution is -2.58. The molecule has 9 heteroatoms. The number of anilines is 1. The van der Waals surface area contributed by atoms with Crippen molar-refractivity contribution >= 4 is 35.4 Å². The van der Waals surface area contributed by atoms with Gasteiger partial charge in [0.2, 0.25) is 5.91 Å². The maximum atomic E-state index is 12.9. The highest BCUT2D eigenvalue weighted by atomic mass is 19.4. The lowest BCUT2D eigenvalue weighted by molar-refractivity contribution is -0.138. The number of carbonyl (C=O) groups is 3. The minimum absolute atomic E-state index is 0.294. The van der Waals surface area contributed by atoms with Crippen LogP contribution in [-0.4, -0.2) is 24.1 Å². The van der Waals surface area contributed by atoms with Crippen LogP contribution in [0.5, 0.6) is 0 Å². The molecule has 0 saturated carbocycles. The third kappa shape index (κ3) is 3.86. The summed E-state index contributed by atoms with van der Waals surface area (Å²) in [5, 5.41) is 1.96. The monoisotopic (exact) mass is 375 g/mol. The summed E-state index contributed by atoms with van der Waals surface area (Å²) in [6.07, 6.45) is -3.59. The average molecular weight is 375 g/mol. The summed E-state index contributed by atoms with van der Waals surface area (Å²) >= 11 is 0. The van der Waals surface area contributed by atoms with Crippen molar-refractivity contribution in [2.24, 2.45) is 10.9 Å². The second kappa shape index (κ2) is 7.02. The van der Waals surface area contributed by atoms with Crippen molar-refractivity contribution in [1.29, 1.82) is 0 Å². The van der Waals surface area contributed by atoms with Crippen LogP contribution in [0.1, 0.15) is 5.56 Å². The first-order chi connectivity index (χ1) is 12.8. The lowest BCUT2D eigenvalue weighted by atomic mass is 10.1. The third-order valence-electron chi connectivity index (χ3n) is 3.76. The van der Waals surface area contributed by atoms with Crippen LogP contribution in [0.2, 0.25) is 0 Å². The molecule has 0 bridgehead atoms. The van der Waals surface area contributed by atoms with E-state index in [0.29, 0.717) is 16.7 Å². The Labute approximate surface area is 151 Å². The van der Waals surface area contributed by atoms with Crippen LogP contribution in [0.15, 0.2) is 59.6 Å². The molecule has 1 fully saturated rings. The molecular weight excluding hydrogens is 363 g/mol. The van der Waals surface area contributed by atoms with E-state index < -0.39 is 35.5 Å². The van der Waals surface area contributed by atoms with Crippen LogP contribution < -0.4 is 10.2 Å². The van der Waals surface area contributed by atoms with Gasteiger partial charge in [-0.15, -0.1) is 0 Å². The Hall–Kier alpha value is -3.49. The fourth-order valence-electron chi connectivity index (χ4n) is 2.46. The Balaban J connectivity index is 1.92. The van der Waals surface area contributed by atoms with Crippen LogP contribution in [0, 0.1) is 5.92 Å². The lowest BCUT2D eigenvalue weighted by Gasteiger charge is -2.28. The van der Waals surface area contributed by atoms with Crippen LogP contribution in [-0.2, 0) is 15.8 Å². The van der Waals surface area contributed by atoms with Gasteiger partial charge < -0.3 is 0 Å². The first kappa shape index (κ1) is 18.3. The number of halogens is 3. The predicted molar refractivity (Wildman–Crippen MR) is 90.6 cm³/mol. The van der Waals surface area contributed by atoms with E-state index in [4.69, 9.17) is 0 Å². The molecule has 0 spiro atoms. The number of rotatable bonds is 3. The molecule has 1 N–H and O–H groups in total. The van der Waals surface area contributed by atoms with E-state index in [2.05, 4.69) is 4.99 Å². The number of imide groups is 2. The van der Waals surface area contributed by atoms with Gasteiger partial charge in [-0.25, -0.2) is 9.69 Å². The molecule has 138 valence electrons. The number of nitrogens with zero attached hydrogens (tertiary/aromatic N) is 2. The van der Waals surface area contributed by atoms with Gasteiger partial charge in [0.05, 0.1) is 16.9 Å². The van der Waals surface area contributed by atoms with Gasteiger partial charge in [0.15, 0.2) is 5.92 Å². The van der Waals surface area contributed by atoms with Crippen molar-refractivity contribution in [2.75, 3.05) is 4.90 Å². The van der Waals surface area contributed by atoms with E-state index >= 15 is 0 Å². The standard InChI is InChI=1S/C18H12F3N3O3/c19-18(20,21)11-5-4-8-13(9-11)24-16(26)14(15(25)23-17(24)27)10-22-12-6-2-1-3-7-12/h1-10,14H,(H,23,25,27)/t14-/m0/s1. The number of barbiturate groups is 1. The number of amides is 4. The number of para-hydroxylation sites is 1. The molecule has 2 aromatic rings. The number of carbonyl (C=O) groups excluding carboxylic acids is 3. The Morgan fingerprint density at radius 3 is 2.37 bits per heavy atom. The highest BCUT2D eigenvalue weighted by molar-refractivity contribution is 6.32. The topological polar surface area (TPSA) is 78.8 Å². The second-order valence-corrected chi connectivity index (χ2v) is 5.61. The SMILES string of the molecule is O=C1NC(=O)N(c2cccc(C(F)(F)F)c2)C(=O)[C@H]1C=Nc1ccccc1. The van der Waals surface area contributed by atoms with Crippen molar-refractivity contribution in [1.82, 2.24) is 5.32 Å². The van der Waals surface area contributed by atoms with Crippen molar-refractivity contribution in [3.63, 3.8) is 0 Å². The van der Waals surface area contributed by atoms with Gasteiger partial charge >= 0.3 is 12.2 Å². The van der Waals surface area contributed by atoms with E-state index in [1.165, 1.54) is 6.07 Å². The number of hydrogen-bond donors (Lipinski definition) is 1. The molecule has 1 saturated heterocycles. The quantitative estimate of drug-likeness (QED) is 0.660. The summed E-state index contributed by atoms with van der Waals surface area (Å²) in [7, 11) is 0. The van der Waals surface area contributed by atoms with E-state index in [-0.39, 0.29) is 5.69 Å². The van der Waals surface area contributed by atoms with E-state index in [1.54, 1.807) is 30.3 Å². The minimum atomic E-state index is -4.64. The van der Waals surface area contributed by atoms with Crippen molar-refractivity contribution in [3.05, 3.63) is 60.2 Å². The second-order valence-electron chi connectivity index (χ2n) is 5.61. The Bertz CT molecular complexity index is 926. The highest BCUT2D eigenvalue weighted by Crippen LogP contribution is 2.32. The maximum absolute atomic E-state index is 12.9. The molecule has 1 aliphatic heterocycles. The zero-order valence-corrected chi connectivity index (χ0v) is 13.6. The number of alkyl halides is 3. The number of aliphatic imine (C=N–C) groups is 1. The molecule has 0 unspecified atom stereocenters. The molecule has 2 aromatic carbocycles. The van der Waals surface area contributed by atoms with Gasteiger partial charge in [-0.2, -0.15) is 13.2 Å². The molecule has 0 aliphatic carbocycles. The van der Waals surface area contributed by atoms with E-state index in [0.717, 1.165) is 18.3 Å². The molecule has 1 atom stereocenters. The largest absolute Gasteiger partial charge is 0.416 e. The van der Waals surface area contributed by atoms with E-state index in [1.807, 2.05) is 5.32 Å². The van der Waals surface area contributed by atoms with E-state index in [9.17, 15) is 27.6 Å². The molecule has 0 radical (unpaired) electrons. The predicted octanol–water partition coefficient (Wildman–Crippen LogP) is 3.31.